The lowest BCUT2D eigenvalue weighted by Gasteiger charge is -2.29. The first-order valence-corrected chi connectivity index (χ1v) is 7.68. The Morgan fingerprint density at radius 1 is 1.32 bits per heavy atom. The van der Waals surface area contributed by atoms with Crippen LogP contribution < -0.4 is 4.74 Å². The molecule has 0 heterocycles. The van der Waals surface area contributed by atoms with Crippen LogP contribution in [0.2, 0.25) is 0 Å². The topological polar surface area (TPSA) is 44.8 Å². The fraction of sp³-hybridized carbons (Fsp3) is 0.500. The molecule has 120 valence electrons. The predicted molar refractivity (Wildman–Crippen MR) is 84.8 cm³/mol. The largest absolute Gasteiger partial charge is 0.496 e. The van der Waals surface area contributed by atoms with Gasteiger partial charge in [0.25, 0.3) is 0 Å². The van der Waals surface area contributed by atoms with Crippen LogP contribution in [-0.2, 0) is 14.3 Å². The number of allylic oxidation sites excluding steroid dienone is 1. The number of rotatable bonds is 6. The van der Waals surface area contributed by atoms with Crippen LogP contribution in [0.4, 0.5) is 0 Å². The summed E-state index contributed by atoms with van der Waals surface area (Å²) < 4.78 is 16.8. The molecule has 0 aromatic heterocycles. The molecule has 0 N–H and O–H groups in total. The summed E-state index contributed by atoms with van der Waals surface area (Å²) in [7, 11) is 1.63. The fourth-order valence-electron chi connectivity index (χ4n) is 2.70. The maximum Gasteiger partial charge on any atom is 0.302 e. The van der Waals surface area contributed by atoms with Crippen molar-refractivity contribution in [2.75, 3.05) is 13.7 Å². The molecule has 1 atom stereocenters. The monoisotopic (exact) mass is 304 g/mol. The molecule has 0 amide bonds. The van der Waals surface area contributed by atoms with E-state index in [0.29, 0.717) is 0 Å². The maximum absolute atomic E-state index is 11.1. The number of hydrogen-bond acceptors (Lipinski definition) is 4. The summed E-state index contributed by atoms with van der Waals surface area (Å²) in [5.41, 5.74) is 2.20. The molecule has 0 saturated heterocycles. The highest BCUT2D eigenvalue weighted by molar-refractivity contribution is 5.65. The minimum absolute atomic E-state index is 0.163. The molecule has 1 saturated carbocycles. The number of carbonyl (C=O) groups is 1. The second-order valence-electron chi connectivity index (χ2n) is 5.62. The zero-order chi connectivity index (χ0) is 15.9. The van der Waals surface area contributed by atoms with Gasteiger partial charge < -0.3 is 14.2 Å². The standard InChI is InChI=1S/C18H24O4/c1-13-8-10-15(11-9-13)22-18(12-21-14(2)19)16-6-4-5-7-17(16)20-3/h4-7,15,18H,1,8-12H2,2-3H3/t18-/m0/s1. The van der Waals surface area contributed by atoms with Gasteiger partial charge in [-0.2, -0.15) is 0 Å². The lowest BCUT2D eigenvalue weighted by Crippen LogP contribution is -2.24. The SMILES string of the molecule is C=C1CCC(O[C@@H](COC(C)=O)c2ccccc2OC)CC1. The highest BCUT2D eigenvalue weighted by Gasteiger charge is 2.24. The van der Waals surface area contributed by atoms with Crippen LogP contribution in [0.1, 0.15) is 44.3 Å². The van der Waals surface area contributed by atoms with Crippen molar-refractivity contribution >= 4 is 5.97 Å². The molecule has 1 aromatic rings. The summed E-state index contributed by atoms with van der Waals surface area (Å²) in [6.07, 6.45) is 3.77. The Balaban J connectivity index is 2.11. The van der Waals surface area contributed by atoms with Crippen molar-refractivity contribution in [1.82, 2.24) is 0 Å². The number of ether oxygens (including phenoxy) is 3. The average molecular weight is 304 g/mol. The first-order chi connectivity index (χ1) is 10.6. The molecule has 4 heteroatoms. The van der Waals surface area contributed by atoms with Gasteiger partial charge in [-0.3, -0.25) is 4.79 Å². The Bertz CT molecular complexity index is 514. The van der Waals surface area contributed by atoms with Crippen LogP contribution in [0, 0.1) is 0 Å². The molecule has 1 aromatic carbocycles. The number of hydrogen-bond donors (Lipinski definition) is 0. The fourth-order valence-corrected chi connectivity index (χ4v) is 2.70. The molecule has 4 nitrogen and oxygen atoms in total. The molecule has 0 bridgehead atoms. The minimum Gasteiger partial charge on any atom is -0.496 e. The molecule has 1 aliphatic rings. The molecule has 1 aliphatic carbocycles. The van der Waals surface area contributed by atoms with Crippen molar-refractivity contribution in [2.45, 2.75) is 44.8 Å². The van der Waals surface area contributed by atoms with E-state index in [1.807, 2.05) is 24.3 Å². The van der Waals surface area contributed by atoms with E-state index in [-0.39, 0.29) is 24.8 Å². The van der Waals surface area contributed by atoms with Gasteiger partial charge in [0.1, 0.15) is 18.5 Å². The van der Waals surface area contributed by atoms with Crippen molar-refractivity contribution in [1.29, 1.82) is 0 Å². The van der Waals surface area contributed by atoms with Crippen LogP contribution in [0.3, 0.4) is 0 Å². The summed E-state index contributed by atoms with van der Waals surface area (Å²) in [5.74, 6) is 0.445. The normalized spacial score (nSPS) is 17.1. The zero-order valence-electron chi connectivity index (χ0n) is 13.3. The van der Waals surface area contributed by atoms with Gasteiger partial charge in [-0.15, -0.1) is 0 Å². The third kappa shape index (κ3) is 4.60. The van der Waals surface area contributed by atoms with Gasteiger partial charge in [-0.25, -0.2) is 0 Å². The summed E-state index contributed by atoms with van der Waals surface area (Å²) in [6.45, 7) is 5.64. The van der Waals surface area contributed by atoms with Gasteiger partial charge in [0.15, 0.2) is 0 Å². The van der Waals surface area contributed by atoms with E-state index in [9.17, 15) is 4.79 Å². The molecular formula is C18H24O4. The number of para-hydroxylation sites is 1. The van der Waals surface area contributed by atoms with E-state index < -0.39 is 0 Å². The van der Waals surface area contributed by atoms with Crippen molar-refractivity contribution < 1.29 is 19.0 Å². The van der Waals surface area contributed by atoms with E-state index in [4.69, 9.17) is 14.2 Å². The quantitative estimate of drug-likeness (QED) is 0.592. The van der Waals surface area contributed by atoms with Crippen LogP contribution in [0.25, 0.3) is 0 Å². The predicted octanol–water partition coefficient (Wildman–Crippen LogP) is 3.81. The van der Waals surface area contributed by atoms with E-state index in [1.54, 1.807) is 7.11 Å². The molecular weight excluding hydrogens is 280 g/mol. The van der Waals surface area contributed by atoms with Gasteiger partial charge >= 0.3 is 5.97 Å². The van der Waals surface area contributed by atoms with Gasteiger partial charge in [0.2, 0.25) is 0 Å². The van der Waals surface area contributed by atoms with E-state index in [1.165, 1.54) is 12.5 Å². The molecule has 0 unspecified atom stereocenters. The zero-order valence-corrected chi connectivity index (χ0v) is 13.3. The van der Waals surface area contributed by atoms with Gasteiger partial charge in [0, 0.05) is 12.5 Å². The summed E-state index contributed by atoms with van der Waals surface area (Å²) in [5, 5.41) is 0. The Hall–Kier alpha value is -1.81. The Labute approximate surface area is 132 Å². The Kier molecular flexibility index (Phi) is 6.01. The second kappa shape index (κ2) is 7.99. The Morgan fingerprint density at radius 2 is 2.00 bits per heavy atom. The molecule has 2 rings (SSSR count). The van der Waals surface area contributed by atoms with Gasteiger partial charge in [-0.1, -0.05) is 30.4 Å². The smallest absolute Gasteiger partial charge is 0.302 e. The third-order valence-corrected chi connectivity index (χ3v) is 3.92. The van der Waals surface area contributed by atoms with Crippen molar-refractivity contribution in [3.05, 3.63) is 42.0 Å². The molecule has 0 aliphatic heterocycles. The summed E-state index contributed by atoms with van der Waals surface area (Å²) in [4.78, 5) is 11.1. The number of benzene rings is 1. The first-order valence-electron chi connectivity index (χ1n) is 7.68. The van der Waals surface area contributed by atoms with Crippen LogP contribution in [0.15, 0.2) is 36.4 Å². The summed E-state index contributed by atoms with van der Waals surface area (Å²) >= 11 is 0. The number of carbonyl (C=O) groups excluding carboxylic acids is 1. The second-order valence-corrected chi connectivity index (χ2v) is 5.62. The molecule has 0 spiro atoms. The van der Waals surface area contributed by atoms with Crippen LogP contribution in [-0.4, -0.2) is 25.8 Å². The minimum atomic E-state index is -0.309. The van der Waals surface area contributed by atoms with E-state index in [0.717, 1.165) is 37.0 Å². The molecule has 22 heavy (non-hydrogen) atoms. The van der Waals surface area contributed by atoms with Gasteiger partial charge in [-0.05, 0) is 31.7 Å². The van der Waals surface area contributed by atoms with Crippen LogP contribution in [0.5, 0.6) is 5.75 Å². The maximum atomic E-state index is 11.1. The third-order valence-electron chi connectivity index (χ3n) is 3.92. The van der Waals surface area contributed by atoms with Gasteiger partial charge in [0.05, 0.1) is 13.2 Å². The van der Waals surface area contributed by atoms with E-state index >= 15 is 0 Å². The first kappa shape index (κ1) is 16.6. The lowest BCUT2D eigenvalue weighted by atomic mass is 9.93. The summed E-state index contributed by atoms with van der Waals surface area (Å²) in [6, 6.07) is 7.69. The highest BCUT2D eigenvalue weighted by atomic mass is 16.6. The number of methoxy groups -OCH3 is 1. The van der Waals surface area contributed by atoms with Crippen molar-refractivity contribution in [3.8, 4) is 5.75 Å². The average Bonchev–Trinajstić information content (AvgIpc) is 2.53. The Morgan fingerprint density at radius 3 is 2.64 bits per heavy atom. The van der Waals surface area contributed by atoms with Crippen molar-refractivity contribution in [3.63, 3.8) is 0 Å². The highest BCUT2D eigenvalue weighted by Crippen LogP contribution is 2.33. The number of esters is 1. The lowest BCUT2D eigenvalue weighted by molar-refractivity contribution is -0.147. The molecule has 0 radical (unpaired) electrons. The van der Waals surface area contributed by atoms with E-state index in [2.05, 4.69) is 6.58 Å². The van der Waals surface area contributed by atoms with Crippen LogP contribution >= 0.6 is 0 Å². The van der Waals surface area contributed by atoms with Crippen molar-refractivity contribution in [2.24, 2.45) is 0 Å². The molecule has 1 fully saturated rings.